The number of carbonyl (C=O) groups is 1. The molecule has 0 spiro atoms. The highest BCUT2D eigenvalue weighted by atomic mass is 35.5. The quantitative estimate of drug-likeness (QED) is 0.892. The Hall–Kier alpha value is -1.06. The first-order valence-corrected chi connectivity index (χ1v) is 6.20. The summed E-state index contributed by atoms with van der Waals surface area (Å²) in [4.78, 5) is 14.1. The van der Waals surface area contributed by atoms with Gasteiger partial charge in [0.25, 0.3) is 0 Å². The van der Waals surface area contributed by atoms with Crippen molar-refractivity contribution in [2.45, 2.75) is 33.7 Å². The van der Waals surface area contributed by atoms with Crippen molar-refractivity contribution in [3.8, 4) is 0 Å². The number of rotatable bonds is 5. The van der Waals surface area contributed by atoms with E-state index in [0.29, 0.717) is 0 Å². The first kappa shape index (κ1) is 16.9. The second-order valence-corrected chi connectivity index (χ2v) is 4.25. The van der Waals surface area contributed by atoms with Crippen LogP contribution in [0.25, 0.3) is 0 Å². The molecule has 1 N–H and O–H groups in total. The van der Waals surface area contributed by atoms with Crippen LogP contribution in [0.4, 0.5) is 5.69 Å². The molecular weight excluding hydrogens is 248 g/mol. The van der Waals surface area contributed by atoms with Crippen molar-refractivity contribution in [2.75, 3.05) is 18.4 Å². The fourth-order valence-corrected chi connectivity index (χ4v) is 1.82. The molecule has 1 rings (SSSR count). The molecule has 1 aromatic carbocycles. The molecule has 0 aliphatic carbocycles. The number of nitrogens with one attached hydrogen (secondary N) is 1. The first-order valence-electron chi connectivity index (χ1n) is 6.20. The van der Waals surface area contributed by atoms with Gasteiger partial charge in [-0.1, -0.05) is 31.5 Å². The van der Waals surface area contributed by atoms with E-state index < -0.39 is 0 Å². The topological polar surface area (TPSA) is 32.3 Å². The molecule has 0 radical (unpaired) electrons. The van der Waals surface area contributed by atoms with Crippen LogP contribution in [0.1, 0.15) is 26.3 Å². The van der Waals surface area contributed by atoms with Crippen molar-refractivity contribution in [1.29, 1.82) is 0 Å². The minimum absolute atomic E-state index is 0. The number of aryl methyl sites for hydroxylation is 1. The average Bonchev–Trinajstić information content (AvgIpc) is 2.33. The van der Waals surface area contributed by atoms with E-state index in [0.717, 1.165) is 18.8 Å². The van der Waals surface area contributed by atoms with E-state index >= 15 is 0 Å². The Balaban J connectivity index is 0.00000289. The molecule has 0 saturated carbocycles. The van der Waals surface area contributed by atoms with E-state index in [-0.39, 0.29) is 24.4 Å². The van der Waals surface area contributed by atoms with Crippen molar-refractivity contribution in [3.63, 3.8) is 0 Å². The Morgan fingerprint density at radius 3 is 2.17 bits per heavy atom. The summed E-state index contributed by atoms with van der Waals surface area (Å²) in [6, 6.07) is 7.77. The summed E-state index contributed by atoms with van der Waals surface area (Å²) in [6.07, 6.45) is 0. The number of likely N-dealkylation sites (N-methyl/N-ethyl adjacent to an activating group) is 1. The molecule has 18 heavy (non-hydrogen) atoms. The van der Waals surface area contributed by atoms with Crippen LogP contribution in [-0.2, 0) is 4.79 Å². The molecule has 0 aliphatic rings. The summed E-state index contributed by atoms with van der Waals surface area (Å²) < 4.78 is 0. The van der Waals surface area contributed by atoms with Gasteiger partial charge in [0.15, 0.2) is 0 Å². The van der Waals surface area contributed by atoms with Gasteiger partial charge in [-0.15, -0.1) is 12.4 Å². The Bertz CT molecular complexity index is 361. The monoisotopic (exact) mass is 270 g/mol. The lowest BCUT2D eigenvalue weighted by Gasteiger charge is -2.25. The van der Waals surface area contributed by atoms with E-state index in [1.165, 1.54) is 5.56 Å². The third kappa shape index (κ3) is 4.67. The second kappa shape index (κ2) is 8.11. The molecule has 0 heterocycles. The van der Waals surface area contributed by atoms with Gasteiger partial charge in [0.05, 0.1) is 6.04 Å². The molecule has 0 aliphatic heterocycles. The van der Waals surface area contributed by atoms with Crippen molar-refractivity contribution in [2.24, 2.45) is 0 Å². The van der Waals surface area contributed by atoms with Crippen LogP contribution in [-0.4, -0.2) is 29.9 Å². The molecule has 3 nitrogen and oxygen atoms in total. The van der Waals surface area contributed by atoms with Crippen molar-refractivity contribution < 1.29 is 4.79 Å². The van der Waals surface area contributed by atoms with E-state index in [4.69, 9.17) is 0 Å². The zero-order valence-corrected chi connectivity index (χ0v) is 12.4. The molecule has 102 valence electrons. The number of amides is 1. The van der Waals surface area contributed by atoms with Crippen LogP contribution in [0.2, 0.25) is 0 Å². The van der Waals surface area contributed by atoms with Gasteiger partial charge in [-0.3, -0.25) is 9.69 Å². The van der Waals surface area contributed by atoms with Gasteiger partial charge in [-0.2, -0.15) is 0 Å². The number of benzene rings is 1. The SMILES string of the molecule is CCN(CC)C(C)C(=O)Nc1ccc(C)cc1.Cl. The fraction of sp³-hybridized carbons (Fsp3) is 0.500. The Morgan fingerprint density at radius 2 is 1.72 bits per heavy atom. The van der Waals surface area contributed by atoms with Gasteiger partial charge in [0, 0.05) is 5.69 Å². The summed E-state index contributed by atoms with van der Waals surface area (Å²) in [7, 11) is 0. The van der Waals surface area contributed by atoms with Crippen LogP contribution in [0, 0.1) is 6.92 Å². The lowest BCUT2D eigenvalue weighted by Crippen LogP contribution is -2.41. The molecule has 0 saturated heterocycles. The lowest BCUT2D eigenvalue weighted by atomic mass is 10.2. The average molecular weight is 271 g/mol. The highest BCUT2D eigenvalue weighted by molar-refractivity contribution is 5.94. The number of hydrogen-bond donors (Lipinski definition) is 1. The largest absolute Gasteiger partial charge is 0.325 e. The fourth-order valence-electron chi connectivity index (χ4n) is 1.82. The Morgan fingerprint density at radius 1 is 1.22 bits per heavy atom. The number of nitrogens with zero attached hydrogens (tertiary/aromatic N) is 1. The van der Waals surface area contributed by atoms with Crippen molar-refractivity contribution >= 4 is 24.0 Å². The molecule has 0 fully saturated rings. The summed E-state index contributed by atoms with van der Waals surface area (Å²) in [5, 5.41) is 2.94. The molecule has 1 aromatic rings. The maximum absolute atomic E-state index is 12.0. The molecule has 1 unspecified atom stereocenters. The van der Waals surface area contributed by atoms with E-state index in [9.17, 15) is 4.79 Å². The number of halogens is 1. The minimum atomic E-state index is -0.0914. The van der Waals surface area contributed by atoms with Gasteiger partial charge >= 0.3 is 0 Å². The second-order valence-electron chi connectivity index (χ2n) is 4.25. The van der Waals surface area contributed by atoms with Gasteiger partial charge in [0.1, 0.15) is 0 Å². The van der Waals surface area contributed by atoms with Crippen LogP contribution in [0.3, 0.4) is 0 Å². The van der Waals surface area contributed by atoms with Crippen LogP contribution >= 0.6 is 12.4 Å². The summed E-state index contributed by atoms with van der Waals surface area (Å²) >= 11 is 0. The summed E-state index contributed by atoms with van der Waals surface area (Å²) in [6.45, 7) is 9.89. The first-order chi connectivity index (χ1) is 8.08. The Kier molecular flexibility index (Phi) is 7.64. The molecule has 1 amide bonds. The molecule has 1 atom stereocenters. The van der Waals surface area contributed by atoms with Crippen molar-refractivity contribution in [1.82, 2.24) is 4.90 Å². The van der Waals surface area contributed by atoms with Gasteiger partial charge < -0.3 is 5.32 Å². The number of hydrogen-bond acceptors (Lipinski definition) is 2. The number of anilines is 1. The lowest BCUT2D eigenvalue weighted by molar-refractivity contribution is -0.120. The molecule has 0 bridgehead atoms. The third-order valence-electron chi connectivity index (χ3n) is 3.06. The number of carbonyl (C=O) groups excluding carboxylic acids is 1. The van der Waals surface area contributed by atoms with E-state index in [2.05, 4.69) is 24.1 Å². The maximum atomic E-state index is 12.0. The van der Waals surface area contributed by atoms with Gasteiger partial charge in [-0.25, -0.2) is 0 Å². The highest BCUT2D eigenvalue weighted by Crippen LogP contribution is 2.10. The zero-order valence-electron chi connectivity index (χ0n) is 11.6. The van der Waals surface area contributed by atoms with E-state index in [1.54, 1.807) is 0 Å². The minimum Gasteiger partial charge on any atom is -0.325 e. The standard InChI is InChI=1S/C14H22N2O.ClH/c1-5-16(6-2)12(4)14(17)15-13-9-7-11(3)8-10-13;/h7-10,12H,5-6H2,1-4H3,(H,15,17);1H. The molecular formula is C14H23ClN2O. The molecule has 0 aromatic heterocycles. The Labute approximate surface area is 116 Å². The van der Waals surface area contributed by atoms with E-state index in [1.807, 2.05) is 38.1 Å². The summed E-state index contributed by atoms with van der Waals surface area (Å²) in [5.74, 6) is 0.0533. The predicted octanol–water partition coefficient (Wildman–Crippen LogP) is 3.09. The highest BCUT2D eigenvalue weighted by Gasteiger charge is 2.18. The normalized spacial score (nSPS) is 11.8. The predicted molar refractivity (Wildman–Crippen MR) is 79.4 cm³/mol. The van der Waals surface area contributed by atoms with Gasteiger partial charge in [-0.05, 0) is 39.1 Å². The van der Waals surface area contributed by atoms with Crippen LogP contribution in [0.5, 0.6) is 0 Å². The third-order valence-corrected chi connectivity index (χ3v) is 3.06. The van der Waals surface area contributed by atoms with Crippen LogP contribution < -0.4 is 5.32 Å². The maximum Gasteiger partial charge on any atom is 0.241 e. The van der Waals surface area contributed by atoms with Gasteiger partial charge in [0.2, 0.25) is 5.91 Å². The molecule has 4 heteroatoms. The summed E-state index contributed by atoms with van der Waals surface area (Å²) in [5.41, 5.74) is 2.05. The smallest absolute Gasteiger partial charge is 0.241 e. The zero-order chi connectivity index (χ0) is 12.8. The van der Waals surface area contributed by atoms with Crippen LogP contribution in [0.15, 0.2) is 24.3 Å². The van der Waals surface area contributed by atoms with Crippen molar-refractivity contribution in [3.05, 3.63) is 29.8 Å².